The number of hydrogen-bond donors (Lipinski definition) is 2. The van der Waals surface area contributed by atoms with E-state index in [-0.39, 0.29) is 0 Å². The first-order valence-corrected chi connectivity index (χ1v) is 15.3. The molecule has 0 aromatic carbocycles. The largest absolute Gasteiger partial charge is 0.174 e. The van der Waals surface area contributed by atoms with Gasteiger partial charge in [0.1, 0.15) is 0 Å². The molecule has 0 spiro atoms. The van der Waals surface area contributed by atoms with E-state index in [1.165, 1.54) is 47.0 Å². The van der Waals surface area contributed by atoms with Crippen LogP contribution in [0.15, 0.2) is 20.6 Å². The lowest BCUT2D eigenvalue weighted by molar-refractivity contribution is 0.528. The van der Waals surface area contributed by atoms with Gasteiger partial charge in [-0.3, -0.25) is 0 Å². The molecule has 3 aliphatic rings. The molecule has 0 bridgehead atoms. The Morgan fingerprint density at radius 3 is 1.67 bits per heavy atom. The van der Waals surface area contributed by atoms with E-state index in [9.17, 15) is 0 Å². The molecule has 0 aromatic heterocycles. The van der Waals surface area contributed by atoms with Gasteiger partial charge in [-0.15, -0.1) is 47.0 Å². The second kappa shape index (κ2) is 11.3. The molecule has 136 valence electrons. The van der Waals surface area contributed by atoms with Crippen LogP contribution < -0.4 is 0 Å². The first-order valence-electron chi connectivity index (χ1n) is 8.25. The third-order valence-electron chi connectivity index (χ3n) is 4.11. The van der Waals surface area contributed by atoms with E-state index < -0.39 is 0 Å². The van der Waals surface area contributed by atoms with Gasteiger partial charge in [-0.05, 0) is 23.7 Å². The number of hydrogen-bond acceptors (Lipinski definition) is 8. The molecule has 2 aliphatic heterocycles. The highest BCUT2D eigenvalue weighted by molar-refractivity contribution is 8.24. The Balaban J connectivity index is 1.39. The summed E-state index contributed by atoms with van der Waals surface area (Å²) in [6.45, 7) is 0. The van der Waals surface area contributed by atoms with Crippen molar-refractivity contribution in [3.8, 4) is 0 Å². The quantitative estimate of drug-likeness (QED) is 0.365. The zero-order valence-corrected chi connectivity index (χ0v) is 20.2. The Kier molecular flexibility index (Phi) is 9.91. The monoisotopic (exact) mass is 472 g/mol. The lowest BCUT2D eigenvalue weighted by Gasteiger charge is -2.31. The summed E-state index contributed by atoms with van der Waals surface area (Å²) in [5, 5.41) is 6.35. The highest BCUT2D eigenvalue weighted by Crippen LogP contribution is 2.46. The van der Waals surface area contributed by atoms with E-state index in [1.807, 2.05) is 47.0 Å². The van der Waals surface area contributed by atoms with Gasteiger partial charge >= 0.3 is 0 Å². The summed E-state index contributed by atoms with van der Waals surface area (Å²) in [5.41, 5.74) is 0. The van der Waals surface area contributed by atoms with Crippen molar-refractivity contribution in [2.24, 2.45) is 0 Å². The summed E-state index contributed by atoms with van der Waals surface area (Å²) in [6.07, 6.45) is 5.70. The minimum atomic E-state index is 0.716. The van der Waals surface area contributed by atoms with Crippen LogP contribution in [-0.2, 0) is 0 Å². The normalized spacial score (nSPS) is 33.6. The van der Waals surface area contributed by atoms with Crippen molar-refractivity contribution in [3.63, 3.8) is 0 Å². The molecule has 8 heteroatoms. The molecule has 0 aromatic rings. The molecule has 1 fully saturated rings. The SMILES string of the molecule is SCC1=CSC(CSC2CCCCC2SCC2SC=C(CS)S2)S1. The second-order valence-electron chi connectivity index (χ2n) is 5.88. The predicted octanol–water partition coefficient (Wildman–Crippen LogP) is 6.92. The van der Waals surface area contributed by atoms with Crippen LogP contribution in [0.25, 0.3) is 0 Å². The summed E-state index contributed by atoms with van der Waals surface area (Å²) in [7, 11) is 0. The van der Waals surface area contributed by atoms with Crippen LogP contribution in [0.1, 0.15) is 25.7 Å². The van der Waals surface area contributed by atoms with Gasteiger partial charge in [0.15, 0.2) is 0 Å². The van der Waals surface area contributed by atoms with Crippen LogP contribution in [0.5, 0.6) is 0 Å². The Hall–Kier alpha value is 2.28. The average Bonchev–Trinajstić information content (AvgIpc) is 3.27. The Morgan fingerprint density at radius 2 is 1.29 bits per heavy atom. The molecule has 4 unspecified atom stereocenters. The molecular weight excluding hydrogens is 449 g/mol. The Labute approximate surface area is 183 Å². The van der Waals surface area contributed by atoms with E-state index in [2.05, 4.69) is 59.6 Å². The van der Waals surface area contributed by atoms with Gasteiger partial charge in [0, 0.05) is 43.3 Å². The fourth-order valence-electron chi connectivity index (χ4n) is 2.90. The van der Waals surface area contributed by atoms with E-state index in [0.717, 1.165) is 22.0 Å². The third-order valence-corrected chi connectivity index (χ3v) is 14.6. The van der Waals surface area contributed by atoms with Crippen LogP contribution in [0, 0.1) is 0 Å². The summed E-state index contributed by atoms with van der Waals surface area (Å²) in [4.78, 5) is 2.90. The van der Waals surface area contributed by atoms with E-state index in [4.69, 9.17) is 0 Å². The predicted molar refractivity (Wildman–Crippen MR) is 133 cm³/mol. The van der Waals surface area contributed by atoms with Crippen molar-refractivity contribution in [1.29, 1.82) is 0 Å². The van der Waals surface area contributed by atoms with Gasteiger partial charge in [-0.1, -0.05) is 12.8 Å². The van der Waals surface area contributed by atoms with Crippen molar-refractivity contribution in [2.75, 3.05) is 23.0 Å². The van der Waals surface area contributed by atoms with E-state index >= 15 is 0 Å². The molecule has 0 amide bonds. The third kappa shape index (κ3) is 6.42. The zero-order chi connectivity index (χ0) is 16.8. The molecule has 0 N–H and O–H groups in total. The summed E-state index contributed by atoms with van der Waals surface area (Å²) < 4.78 is 1.43. The first-order chi connectivity index (χ1) is 11.8. The summed E-state index contributed by atoms with van der Waals surface area (Å²) >= 11 is 21.4. The average molecular weight is 473 g/mol. The highest BCUT2D eigenvalue weighted by atomic mass is 32.2. The van der Waals surface area contributed by atoms with Crippen LogP contribution >= 0.6 is 95.8 Å². The lowest BCUT2D eigenvalue weighted by Crippen LogP contribution is -2.26. The molecule has 1 aliphatic carbocycles. The van der Waals surface area contributed by atoms with Crippen molar-refractivity contribution in [2.45, 2.75) is 45.3 Å². The summed E-state index contributed by atoms with van der Waals surface area (Å²) in [5.74, 6) is 4.37. The minimum absolute atomic E-state index is 0.716. The fraction of sp³-hybridized carbons (Fsp3) is 0.750. The number of thiol groups is 2. The molecule has 0 saturated heterocycles. The van der Waals surface area contributed by atoms with Gasteiger partial charge in [-0.2, -0.15) is 48.8 Å². The highest BCUT2D eigenvalue weighted by Gasteiger charge is 2.29. The lowest BCUT2D eigenvalue weighted by atomic mass is 10.00. The molecular formula is C16H24S8. The zero-order valence-electron chi connectivity index (χ0n) is 13.5. The van der Waals surface area contributed by atoms with Gasteiger partial charge in [0.25, 0.3) is 0 Å². The Morgan fingerprint density at radius 1 is 0.833 bits per heavy atom. The number of rotatable bonds is 8. The molecule has 1 saturated carbocycles. The van der Waals surface area contributed by atoms with E-state index in [1.54, 1.807) is 0 Å². The van der Waals surface area contributed by atoms with Gasteiger partial charge < -0.3 is 0 Å². The molecule has 0 radical (unpaired) electrons. The van der Waals surface area contributed by atoms with Gasteiger partial charge in [0.2, 0.25) is 0 Å². The Bertz CT molecular complexity index is 421. The first kappa shape index (κ1) is 21.0. The minimum Gasteiger partial charge on any atom is -0.174 e. The van der Waals surface area contributed by atoms with Crippen molar-refractivity contribution in [3.05, 3.63) is 20.6 Å². The molecule has 2 heterocycles. The summed E-state index contributed by atoms with van der Waals surface area (Å²) in [6, 6.07) is 0. The second-order valence-corrected chi connectivity index (χ2v) is 14.5. The van der Waals surface area contributed by atoms with Crippen molar-refractivity contribution < 1.29 is 0 Å². The topological polar surface area (TPSA) is 0 Å². The van der Waals surface area contributed by atoms with Gasteiger partial charge in [0.05, 0.1) is 9.16 Å². The number of thioether (sulfide) groups is 6. The maximum Gasteiger partial charge on any atom is 0.0678 e. The van der Waals surface area contributed by atoms with Crippen LogP contribution in [0.4, 0.5) is 0 Å². The van der Waals surface area contributed by atoms with E-state index in [0.29, 0.717) is 9.16 Å². The standard InChI is InChI=1S/C16H24S8/c17-5-11-7-21-15(23-11)9-19-13-3-1-2-4-14(13)20-10-16-22-8-12(6-18)24-16/h7-8,13-18H,1-6,9-10H2. The molecule has 24 heavy (non-hydrogen) atoms. The van der Waals surface area contributed by atoms with Crippen molar-refractivity contribution in [1.82, 2.24) is 0 Å². The fourth-order valence-corrected chi connectivity index (χ4v) is 12.4. The van der Waals surface area contributed by atoms with Gasteiger partial charge in [-0.25, -0.2) is 0 Å². The maximum absolute atomic E-state index is 4.40. The van der Waals surface area contributed by atoms with Crippen LogP contribution in [0.3, 0.4) is 0 Å². The van der Waals surface area contributed by atoms with Crippen molar-refractivity contribution >= 4 is 95.8 Å². The van der Waals surface area contributed by atoms with Crippen LogP contribution in [-0.4, -0.2) is 42.7 Å². The van der Waals surface area contributed by atoms with Crippen LogP contribution in [0.2, 0.25) is 0 Å². The maximum atomic E-state index is 4.40. The molecule has 4 atom stereocenters. The molecule has 0 nitrogen and oxygen atoms in total. The smallest absolute Gasteiger partial charge is 0.0678 e. The molecule has 3 rings (SSSR count).